The summed E-state index contributed by atoms with van der Waals surface area (Å²) in [6.07, 6.45) is 7.73. The number of amides is 1. The van der Waals surface area contributed by atoms with Gasteiger partial charge in [-0.05, 0) is 25.1 Å². The van der Waals surface area contributed by atoms with Crippen LogP contribution in [0.25, 0.3) is 16.8 Å². The third-order valence-corrected chi connectivity index (χ3v) is 4.04. The Morgan fingerprint density at radius 2 is 2.04 bits per heavy atom. The number of pyridine rings is 1. The van der Waals surface area contributed by atoms with Crippen molar-refractivity contribution in [3.63, 3.8) is 0 Å². The minimum absolute atomic E-state index is 0.0263. The molecular formula is C18H17N5O. The second-order valence-corrected chi connectivity index (χ2v) is 5.90. The number of nitrogens with zero attached hydrogens (tertiary/aromatic N) is 3. The molecule has 6 heteroatoms. The van der Waals surface area contributed by atoms with E-state index in [0.717, 1.165) is 28.2 Å². The molecule has 1 atom stereocenters. The van der Waals surface area contributed by atoms with Gasteiger partial charge in [0.25, 0.3) is 0 Å². The van der Waals surface area contributed by atoms with Gasteiger partial charge >= 0.3 is 0 Å². The Balaban J connectivity index is 1.77. The van der Waals surface area contributed by atoms with Crippen molar-refractivity contribution in [3.05, 3.63) is 55.1 Å². The first-order valence-electron chi connectivity index (χ1n) is 7.85. The molecule has 4 rings (SSSR count). The van der Waals surface area contributed by atoms with Gasteiger partial charge in [0.1, 0.15) is 0 Å². The number of para-hydroxylation sites is 1. The van der Waals surface area contributed by atoms with Crippen molar-refractivity contribution in [2.24, 2.45) is 0 Å². The van der Waals surface area contributed by atoms with E-state index in [1.54, 1.807) is 12.4 Å². The third kappa shape index (κ3) is 2.62. The first-order chi connectivity index (χ1) is 11.7. The van der Waals surface area contributed by atoms with Gasteiger partial charge in [0, 0.05) is 42.2 Å². The fraction of sp³-hybridized carbons (Fsp3) is 0.167. The van der Waals surface area contributed by atoms with Crippen molar-refractivity contribution in [2.75, 3.05) is 10.6 Å². The number of hydrogen-bond acceptors (Lipinski definition) is 4. The summed E-state index contributed by atoms with van der Waals surface area (Å²) in [4.78, 5) is 15.9. The number of nitrogens with one attached hydrogen (secondary N) is 2. The summed E-state index contributed by atoms with van der Waals surface area (Å²) in [6.45, 7) is 2.01. The lowest BCUT2D eigenvalue weighted by atomic mass is 10.1. The Bertz CT molecular complexity index is 887. The number of aromatic nitrogens is 3. The van der Waals surface area contributed by atoms with E-state index in [2.05, 4.69) is 20.7 Å². The number of rotatable bonds is 2. The zero-order valence-electron chi connectivity index (χ0n) is 13.2. The molecule has 0 unspecified atom stereocenters. The Labute approximate surface area is 139 Å². The summed E-state index contributed by atoms with van der Waals surface area (Å²) >= 11 is 0. The van der Waals surface area contributed by atoms with E-state index in [1.165, 1.54) is 0 Å². The SMILES string of the molecule is C[C@@H]1CC(=O)Nc2cccc(-c3cnn(-c4ccncc4)c3)c2N1. The van der Waals surface area contributed by atoms with Gasteiger partial charge < -0.3 is 10.6 Å². The van der Waals surface area contributed by atoms with Crippen LogP contribution in [0.4, 0.5) is 11.4 Å². The molecule has 0 bridgehead atoms. The first kappa shape index (κ1) is 14.4. The van der Waals surface area contributed by atoms with Crippen LogP contribution in [-0.4, -0.2) is 26.7 Å². The van der Waals surface area contributed by atoms with Gasteiger partial charge in [0.2, 0.25) is 5.91 Å². The van der Waals surface area contributed by atoms with Gasteiger partial charge in [-0.1, -0.05) is 12.1 Å². The van der Waals surface area contributed by atoms with Crippen LogP contribution in [0.15, 0.2) is 55.1 Å². The van der Waals surface area contributed by atoms with Crippen LogP contribution in [0.1, 0.15) is 13.3 Å². The zero-order chi connectivity index (χ0) is 16.5. The Hall–Kier alpha value is -3.15. The predicted octanol–water partition coefficient (Wildman–Crippen LogP) is 3.08. The lowest BCUT2D eigenvalue weighted by molar-refractivity contribution is -0.116. The summed E-state index contributed by atoms with van der Waals surface area (Å²) < 4.78 is 1.81. The molecule has 6 nitrogen and oxygen atoms in total. The molecule has 0 radical (unpaired) electrons. The van der Waals surface area contributed by atoms with E-state index in [4.69, 9.17) is 0 Å². The van der Waals surface area contributed by atoms with Crippen molar-refractivity contribution in [1.29, 1.82) is 0 Å². The van der Waals surface area contributed by atoms with Crippen molar-refractivity contribution in [3.8, 4) is 16.8 Å². The molecule has 3 heterocycles. The lowest BCUT2D eigenvalue weighted by Gasteiger charge is -2.15. The smallest absolute Gasteiger partial charge is 0.226 e. The van der Waals surface area contributed by atoms with E-state index in [-0.39, 0.29) is 11.9 Å². The van der Waals surface area contributed by atoms with E-state index in [1.807, 2.05) is 54.3 Å². The third-order valence-electron chi connectivity index (χ3n) is 4.04. The summed E-state index contributed by atoms with van der Waals surface area (Å²) in [5, 5.41) is 10.8. The molecule has 0 aliphatic carbocycles. The van der Waals surface area contributed by atoms with Crippen LogP contribution < -0.4 is 10.6 Å². The van der Waals surface area contributed by atoms with Gasteiger partial charge in [0.15, 0.2) is 0 Å². The van der Waals surface area contributed by atoms with Crippen LogP contribution in [0, 0.1) is 0 Å². The Morgan fingerprint density at radius 3 is 2.88 bits per heavy atom. The summed E-state index contributed by atoms with van der Waals surface area (Å²) in [7, 11) is 0. The van der Waals surface area contributed by atoms with E-state index in [9.17, 15) is 4.79 Å². The standard InChI is InChI=1S/C18H17N5O/c1-12-9-17(24)22-16-4-2-3-15(18(16)21-12)13-10-20-23(11-13)14-5-7-19-8-6-14/h2-8,10-12,21H,9H2,1H3,(H,22,24)/t12-/m1/s1. The minimum Gasteiger partial charge on any atom is -0.380 e. The highest BCUT2D eigenvalue weighted by Crippen LogP contribution is 2.36. The van der Waals surface area contributed by atoms with Gasteiger partial charge in [0.05, 0.1) is 23.3 Å². The second-order valence-electron chi connectivity index (χ2n) is 5.90. The summed E-state index contributed by atoms with van der Waals surface area (Å²) in [5.41, 5.74) is 4.69. The van der Waals surface area contributed by atoms with Gasteiger partial charge in [-0.15, -0.1) is 0 Å². The molecular weight excluding hydrogens is 302 g/mol. The highest BCUT2D eigenvalue weighted by Gasteiger charge is 2.20. The van der Waals surface area contributed by atoms with E-state index in [0.29, 0.717) is 6.42 Å². The quantitative estimate of drug-likeness (QED) is 0.761. The largest absolute Gasteiger partial charge is 0.380 e. The maximum Gasteiger partial charge on any atom is 0.226 e. The summed E-state index contributed by atoms with van der Waals surface area (Å²) in [5.74, 6) is 0.0263. The monoisotopic (exact) mass is 319 g/mol. The molecule has 1 aromatic carbocycles. The van der Waals surface area contributed by atoms with E-state index >= 15 is 0 Å². The maximum atomic E-state index is 11.9. The average molecular weight is 319 g/mol. The molecule has 0 spiro atoms. The molecule has 2 N–H and O–H groups in total. The average Bonchev–Trinajstić information content (AvgIpc) is 3.01. The Kier molecular flexibility index (Phi) is 3.49. The molecule has 1 aliphatic rings. The fourth-order valence-corrected chi connectivity index (χ4v) is 2.93. The number of anilines is 2. The lowest BCUT2D eigenvalue weighted by Crippen LogP contribution is -2.19. The molecule has 0 fully saturated rings. The van der Waals surface area contributed by atoms with Gasteiger partial charge in [-0.25, -0.2) is 4.68 Å². The second kappa shape index (κ2) is 5.81. The van der Waals surface area contributed by atoms with Crippen LogP contribution in [0.2, 0.25) is 0 Å². The molecule has 24 heavy (non-hydrogen) atoms. The van der Waals surface area contributed by atoms with Crippen LogP contribution >= 0.6 is 0 Å². The van der Waals surface area contributed by atoms with Gasteiger partial charge in [-0.3, -0.25) is 9.78 Å². The molecule has 120 valence electrons. The molecule has 2 aromatic heterocycles. The van der Waals surface area contributed by atoms with Crippen LogP contribution in [0.5, 0.6) is 0 Å². The highest BCUT2D eigenvalue weighted by molar-refractivity contribution is 6.00. The van der Waals surface area contributed by atoms with Crippen molar-refractivity contribution >= 4 is 17.3 Å². The number of hydrogen-bond donors (Lipinski definition) is 2. The molecule has 3 aromatic rings. The maximum absolute atomic E-state index is 11.9. The predicted molar refractivity (Wildman–Crippen MR) is 93.1 cm³/mol. The van der Waals surface area contributed by atoms with Crippen molar-refractivity contribution in [1.82, 2.24) is 14.8 Å². The van der Waals surface area contributed by atoms with Crippen molar-refractivity contribution in [2.45, 2.75) is 19.4 Å². The number of benzene rings is 1. The molecule has 0 saturated heterocycles. The summed E-state index contributed by atoms with van der Waals surface area (Å²) in [6, 6.07) is 9.77. The molecule has 1 aliphatic heterocycles. The Morgan fingerprint density at radius 1 is 1.21 bits per heavy atom. The first-order valence-corrected chi connectivity index (χ1v) is 7.85. The van der Waals surface area contributed by atoms with Gasteiger partial charge in [-0.2, -0.15) is 5.10 Å². The highest BCUT2D eigenvalue weighted by atomic mass is 16.1. The molecule has 0 saturated carbocycles. The van der Waals surface area contributed by atoms with Crippen LogP contribution in [-0.2, 0) is 4.79 Å². The minimum atomic E-state index is 0.0263. The number of carbonyl (C=O) groups excluding carboxylic acids is 1. The van der Waals surface area contributed by atoms with E-state index < -0.39 is 0 Å². The normalized spacial score (nSPS) is 16.7. The topological polar surface area (TPSA) is 71.8 Å². The number of fused-ring (bicyclic) bond motifs is 1. The fourth-order valence-electron chi connectivity index (χ4n) is 2.93. The van der Waals surface area contributed by atoms with Crippen LogP contribution in [0.3, 0.4) is 0 Å². The zero-order valence-corrected chi connectivity index (χ0v) is 13.2. The number of carbonyl (C=O) groups is 1. The molecule has 1 amide bonds. The van der Waals surface area contributed by atoms with Crippen molar-refractivity contribution < 1.29 is 4.79 Å².